The molecule has 1 aromatic heterocycles. The van der Waals surface area contributed by atoms with E-state index in [0.717, 1.165) is 17.9 Å². The molecule has 2 heterocycles. The monoisotopic (exact) mass is 257 g/mol. The lowest BCUT2D eigenvalue weighted by atomic mass is 10.0. The Bertz CT molecular complexity index is 632. The molecular formula is C15H15NOS. The largest absolute Gasteiger partial charge is 0.315 e. The molecule has 0 aliphatic carbocycles. The van der Waals surface area contributed by atoms with Gasteiger partial charge in [-0.1, -0.05) is 24.3 Å². The van der Waals surface area contributed by atoms with Gasteiger partial charge in [-0.05, 0) is 24.6 Å². The zero-order valence-electron chi connectivity index (χ0n) is 10.3. The Kier molecular flexibility index (Phi) is 3.00. The third-order valence-electron chi connectivity index (χ3n) is 3.43. The summed E-state index contributed by atoms with van der Waals surface area (Å²) in [7, 11) is 0. The van der Waals surface area contributed by atoms with Gasteiger partial charge in [0.2, 0.25) is 0 Å². The van der Waals surface area contributed by atoms with E-state index in [4.69, 9.17) is 0 Å². The van der Waals surface area contributed by atoms with Crippen molar-refractivity contribution in [2.24, 2.45) is 0 Å². The Labute approximate surface area is 111 Å². The molecule has 2 nitrogen and oxygen atoms in total. The number of thioether (sulfide) groups is 1. The predicted octanol–water partition coefficient (Wildman–Crippen LogP) is 3.05. The fourth-order valence-corrected chi connectivity index (χ4v) is 3.66. The van der Waals surface area contributed by atoms with E-state index in [2.05, 4.69) is 24.3 Å². The summed E-state index contributed by atoms with van der Waals surface area (Å²) in [6.45, 7) is 2.65. The van der Waals surface area contributed by atoms with Crippen molar-refractivity contribution in [3.63, 3.8) is 0 Å². The first-order chi connectivity index (χ1) is 8.75. The lowest BCUT2D eigenvalue weighted by molar-refractivity contribution is 0.585. The standard InChI is InChI=1S/C15H15NOS/c1-11-5-4-8-16(15(11)17)9-12-10-18-14-7-3-2-6-13(12)14/h2-8,12H,9-10H2,1H3. The van der Waals surface area contributed by atoms with Crippen LogP contribution in [0.15, 0.2) is 52.3 Å². The zero-order chi connectivity index (χ0) is 12.5. The topological polar surface area (TPSA) is 22.0 Å². The van der Waals surface area contributed by atoms with Crippen LogP contribution < -0.4 is 5.56 Å². The molecule has 1 aliphatic heterocycles. The van der Waals surface area contributed by atoms with Gasteiger partial charge in [-0.15, -0.1) is 11.8 Å². The van der Waals surface area contributed by atoms with Gasteiger partial charge >= 0.3 is 0 Å². The summed E-state index contributed by atoms with van der Waals surface area (Å²) in [5, 5.41) is 0. The summed E-state index contributed by atoms with van der Waals surface area (Å²) in [4.78, 5) is 13.4. The van der Waals surface area contributed by atoms with E-state index < -0.39 is 0 Å². The fraction of sp³-hybridized carbons (Fsp3) is 0.267. The van der Waals surface area contributed by atoms with Gasteiger partial charge in [-0.3, -0.25) is 4.79 Å². The van der Waals surface area contributed by atoms with E-state index in [-0.39, 0.29) is 5.56 Å². The third kappa shape index (κ3) is 1.99. The maximum Gasteiger partial charge on any atom is 0.253 e. The van der Waals surface area contributed by atoms with Crippen molar-refractivity contribution in [2.45, 2.75) is 24.3 Å². The third-order valence-corrected chi connectivity index (χ3v) is 4.68. The van der Waals surface area contributed by atoms with E-state index in [1.807, 2.05) is 41.6 Å². The summed E-state index contributed by atoms with van der Waals surface area (Å²) in [5.74, 6) is 1.52. The van der Waals surface area contributed by atoms with Crippen LogP contribution in [0.5, 0.6) is 0 Å². The summed E-state index contributed by atoms with van der Waals surface area (Å²) in [6.07, 6.45) is 1.89. The maximum atomic E-state index is 12.0. The molecule has 3 rings (SSSR count). The Morgan fingerprint density at radius 1 is 1.28 bits per heavy atom. The maximum absolute atomic E-state index is 12.0. The summed E-state index contributed by atoms with van der Waals surface area (Å²) in [6, 6.07) is 12.3. The number of benzene rings is 1. The first kappa shape index (κ1) is 11.6. The minimum Gasteiger partial charge on any atom is -0.315 e. The second-order valence-electron chi connectivity index (χ2n) is 4.69. The van der Waals surface area contributed by atoms with Gasteiger partial charge in [-0.2, -0.15) is 0 Å². The summed E-state index contributed by atoms with van der Waals surface area (Å²) >= 11 is 1.89. The fourth-order valence-electron chi connectivity index (χ4n) is 2.42. The van der Waals surface area contributed by atoms with E-state index in [1.54, 1.807) is 0 Å². The molecule has 1 aliphatic rings. The first-order valence-electron chi connectivity index (χ1n) is 6.13. The highest BCUT2D eigenvalue weighted by atomic mass is 32.2. The molecule has 1 unspecified atom stereocenters. The molecule has 0 saturated carbocycles. The van der Waals surface area contributed by atoms with E-state index in [0.29, 0.717) is 5.92 Å². The highest BCUT2D eigenvalue weighted by Gasteiger charge is 2.23. The molecule has 3 heteroatoms. The van der Waals surface area contributed by atoms with E-state index >= 15 is 0 Å². The van der Waals surface area contributed by atoms with Gasteiger partial charge in [0.25, 0.3) is 5.56 Å². The molecule has 18 heavy (non-hydrogen) atoms. The van der Waals surface area contributed by atoms with Crippen LogP contribution in [0.4, 0.5) is 0 Å². The van der Waals surface area contributed by atoms with E-state index in [9.17, 15) is 4.79 Å². The number of aromatic nitrogens is 1. The van der Waals surface area contributed by atoms with Gasteiger partial charge in [0.1, 0.15) is 0 Å². The number of nitrogens with zero attached hydrogens (tertiary/aromatic N) is 1. The molecule has 1 atom stereocenters. The minimum atomic E-state index is 0.131. The molecule has 0 radical (unpaired) electrons. The normalized spacial score (nSPS) is 17.7. The lowest BCUT2D eigenvalue weighted by Crippen LogP contribution is -2.24. The van der Waals surface area contributed by atoms with Crippen molar-refractivity contribution in [1.82, 2.24) is 4.57 Å². The summed E-state index contributed by atoms with van der Waals surface area (Å²) in [5.41, 5.74) is 2.33. The van der Waals surface area contributed by atoms with Crippen LogP contribution in [0.3, 0.4) is 0 Å². The Balaban J connectivity index is 1.91. The average Bonchev–Trinajstić information content (AvgIpc) is 2.79. The molecule has 92 valence electrons. The van der Waals surface area contributed by atoms with Gasteiger partial charge in [0.05, 0.1) is 0 Å². The van der Waals surface area contributed by atoms with Crippen LogP contribution in [0.2, 0.25) is 0 Å². The molecule has 0 amide bonds. The first-order valence-corrected chi connectivity index (χ1v) is 7.12. The molecular weight excluding hydrogens is 242 g/mol. The number of pyridine rings is 1. The van der Waals surface area contributed by atoms with Crippen LogP contribution in [0.1, 0.15) is 17.0 Å². The van der Waals surface area contributed by atoms with Crippen LogP contribution in [0, 0.1) is 6.92 Å². The van der Waals surface area contributed by atoms with Crippen LogP contribution >= 0.6 is 11.8 Å². The molecule has 0 spiro atoms. The second kappa shape index (κ2) is 4.65. The van der Waals surface area contributed by atoms with E-state index in [1.165, 1.54) is 10.5 Å². The molecule has 0 saturated heterocycles. The van der Waals surface area contributed by atoms with Crippen molar-refractivity contribution < 1.29 is 0 Å². The molecule has 0 N–H and O–H groups in total. The van der Waals surface area contributed by atoms with Crippen molar-refractivity contribution in [1.29, 1.82) is 0 Å². The van der Waals surface area contributed by atoms with Crippen LogP contribution in [-0.4, -0.2) is 10.3 Å². The van der Waals surface area contributed by atoms with Gasteiger partial charge in [-0.25, -0.2) is 0 Å². The number of aryl methyl sites for hydroxylation is 1. The van der Waals surface area contributed by atoms with Crippen molar-refractivity contribution in [3.05, 3.63) is 64.1 Å². The van der Waals surface area contributed by atoms with Gasteiger partial charge in [0, 0.05) is 34.9 Å². The van der Waals surface area contributed by atoms with Crippen molar-refractivity contribution in [3.8, 4) is 0 Å². The minimum absolute atomic E-state index is 0.131. The number of hydrogen-bond acceptors (Lipinski definition) is 2. The zero-order valence-corrected chi connectivity index (χ0v) is 11.1. The Hall–Kier alpha value is -1.48. The molecule has 0 bridgehead atoms. The van der Waals surface area contributed by atoms with Crippen LogP contribution in [0.25, 0.3) is 0 Å². The van der Waals surface area contributed by atoms with Crippen molar-refractivity contribution in [2.75, 3.05) is 5.75 Å². The Morgan fingerprint density at radius 3 is 3.00 bits per heavy atom. The van der Waals surface area contributed by atoms with Gasteiger partial charge in [0.15, 0.2) is 0 Å². The van der Waals surface area contributed by atoms with Crippen LogP contribution in [-0.2, 0) is 6.54 Å². The number of rotatable bonds is 2. The quantitative estimate of drug-likeness (QED) is 0.825. The second-order valence-corrected chi connectivity index (χ2v) is 5.76. The molecule has 1 aromatic carbocycles. The van der Waals surface area contributed by atoms with Crippen molar-refractivity contribution >= 4 is 11.8 Å². The van der Waals surface area contributed by atoms with Gasteiger partial charge < -0.3 is 4.57 Å². The smallest absolute Gasteiger partial charge is 0.253 e. The number of hydrogen-bond donors (Lipinski definition) is 0. The number of fused-ring (bicyclic) bond motifs is 1. The summed E-state index contributed by atoms with van der Waals surface area (Å²) < 4.78 is 1.84. The SMILES string of the molecule is Cc1cccn(CC2CSc3ccccc32)c1=O. The molecule has 0 fully saturated rings. The average molecular weight is 257 g/mol. The highest BCUT2D eigenvalue weighted by Crippen LogP contribution is 2.39. The lowest BCUT2D eigenvalue weighted by Gasteiger charge is -2.13. The molecule has 2 aromatic rings. The highest BCUT2D eigenvalue weighted by molar-refractivity contribution is 7.99. The Morgan fingerprint density at radius 2 is 2.11 bits per heavy atom. The predicted molar refractivity (Wildman–Crippen MR) is 75.3 cm³/mol.